The lowest BCUT2D eigenvalue weighted by molar-refractivity contribution is 0.848. The molecule has 2 aromatic rings. The summed E-state index contributed by atoms with van der Waals surface area (Å²) in [5, 5.41) is 0.722. The van der Waals surface area contributed by atoms with Crippen LogP contribution in [0.1, 0.15) is 17.2 Å². The summed E-state index contributed by atoms with van der Waals surface area (Å²) in [6.45, 7) is 0. The minimum Gasteiger partial charge on any atom is -0.320 e. The Morgan fingerprint density at radius 1 is 1.12 bits per heavy atom. The molecule has 0 bridgehead atoms. The van der Waals surface area contributed by atoms with Crippen LogP contribution < -0.4 is 5.73 Å². The molecule has 1 atom stereocenters. The molecule has 3 heteroatoms. The molecule has 0 saturated carbocycles. The Morgan fingerprint density at radius 2 is 1.88 bits per heavy atom. The van der Waals surface area contributed by atoms with Crippen molar-refractivity contribution in [1.29, 1.82) is 0 Å². The van der Waals surface area contributed by atoms with Gasteiger partial charge in [0.2, 0.25) is 0 Å². The lowest BCUT2D eigenvalue weighted by atomic mass is 10.00. The van der Waals surface area contributed by atoms with Crippen molar-refractivity contribution in [2.24, 2.45) is 5.73 Å². The quantitative estimate of drug-likeness (QED) is 0.844. The maximum absolute atomic E-state index is 6.29. The van der Waals surface area contributed by atoms with Gasteiger partial charge in [0.05, 0.1) is 6.04 Å². The smallest absolute Gasteiger partial charge is 0.0563 e. The Hall–Kier alpha value is -0.960. The fourth-order valence-corrected chi connectivity index (χ4v) is 2.65. The lowest BCUT2D eigenvalue weighted by Crippen LogP contribution is -2.12. The third-order valence-corrected chi connectivity index (χ3v) is 3.73. The van der Waals surface area contributed by atoms with Crippen molar-refractivity contribution in [3.05, 3.63) is 64.7 Å². The van der Waals surface area contributed by atoms with Gasteiger partial charge in [-0.15, -0.1) is 11.8 Å². The van der Waals surface area contributed by atoms with Crippen LogP contribution in [0.3, 0.4) is 0 Å². The van der Waals surface area contributed by atoms with E-state index in [4.69, 9.17) is 17.3 Å². The monoisotopic (exact) mass is 263 g/mol. The van der Waals surface area contributed by atoms with E-state index in [0.717, 1.165) is 16.1 Å². The van der Waals surface area contributed by atoms with E-state index in [1.807, 2.05) is 36.4 Å². The molecule has 0 aliphatic heterocycles. The molecule has 2 N–H and O–H groups in total. The summed E-state index contributed by atoms with van der Waals surface area (Å²) in [6.07, 6.45) is 2.06. The number of hydrogen-bond donors (Lipinski definition) is 1. The van der Waals surface area contributed by atoms with Gasteiger partial charge in [0.1, 0.15) is 0 Å². The van der Waals surface area contributed by atoms with Crippen LogP contribution >= 0.6 is 23.4 Å². The number of rotatable bonds is 3. The molecule has 0 radical (unpaired) electrons. The van der Waals surface area contributed by atoms with Crippen LogP contribution in [0.2, 0.25) is 5.02 Å². The largest absolute Gasteiger partial charge is 0.320 e. The van der Waals surface area contributed by atoms with Crippen LogP contribution in [0.4, 0.5) is 0 Å². The summed E-state index contributed by atoms with van der Waals surface area (Å²) in [5.41, 5.74) is 8.47. The maximum Gasteiger partial charge on any atom is 0.0563 e. The van der Waals surface area contributed by atoms with Crippen molar-refractivity contribution in [1.82, 2.24) is 0 Å². The summed E-state index contributed by atoms with van der Waals surface area (Å²) in [7, 11) is 0. The van der Waals surface area contributed by atoms with Gasteiger partial charge in [0, 0.05) is 9.92 Å². The molecule has 2 rings (SSSR count). The minimum atomic E-state index is -0.127. The van der Waals surface area contributed by atoms with Crippen molar-refractivity contribution < 1.29 is 0 Å². The molecule has 0 spiro atoms. The van der Waals surface area contributed by atoms with Gasteiger partial charge >= 0.3 is 0 Å². The van der Waals surface area contributed by atoms with Crippen molar-refractivity contribution in [2.45, 2.75) is 10.9 Å². The Labute approximate surface area is 111 Å². The van der Waals surface area contributed by atoms with Crippen LogP contribution in [0.5, 0.6) is 0 Å². The van der Waals surface area contributed by atoms with E-state index >= 15 is 0 Å². The highest BCUT2D eigenvalue weighted by Crippen LogP contribution is 2.29. The fraction of sp³-hybridized carbons (Fsp3) is 0.143. The van der Waals surface area contributed by atoms with Crippen molar-refractivity contribution in [3.8, 4) is 0 Å². The standard InChI is InChI=1S/C14H14ClNS/c1-17-13-8-3-2-7-12(13)14(16)10-5-4-6-11(15)9-10/h2-9,14H,16H2,1H3. The number of nitrogens with two attached hydrogens (primary N) is 1. The highest BCUT2D eigenvalue weighted by molar-refractivity contribution is 7.98. The first kappa shape index (κ1) is 12.5. The maximum atomic E-state index is 6.29. The van der Waals surface area contributed by atoms with Gasteiger partial charge in [-0.3, -0.25) is 0 Å². The highest BCUT2D eigenvalue weighted by atomic mass is 35.5. The molecule has 17 heavy (non-hydrogen) atoms. The van der Waals surface area contributed by atoms with Gasteiger partial charge in [-0.25, -0.2) is 0 Å². The molecule has 0 heterocycles. The summed E-state index contributed by atoms with van der Waals surface area (Å²) in [5.74, 6) is 0. The van der Waals surface area contributed by atoms with Gasteiger partial charge < -0.3 is 5.73 Å². The van der Waals surface area contributed by atoms with Gasteiger partial charge in [-0.05, 0) is 35.6 Å². The second-order valence-electron chi connectivity index (χ2n) is 3.77. The van der Waals surface area contributed by atoms with Crippen LogP contribution in [0.25, 0.3) is 0 Å². The Kier molecular flexibility index (Phi) is 4.11. The summed E-state index contributed by atoms with van der Waals surface area (Å²) >= 11 is 7.70. The van der Waals surface area contributed by atoms with E-state index in [1.54, 1.807) is 11.8 Å². The molecular formula is C14H14ClNS. The number of hydrogen-bond acceptors (Lipinski definition) is 2. The Balaban J connectivity index is 2.40. The fourth-order valence-electron chi connectivity index (χ4n) is 1.80. The summed E-state index contributed by atoms with van der Waals surface area (Å²) < 4.78 is 0. The first-order chi connectivity index (χ1) is 8.22. The third kappa shape index (κ3) is 2.83. The average molecular weight is 264 g/mol. The highest BCUT2D eigenvalue weighted by Gasteiger charge is 2.12. The topological polar surface area (TPSA) is 26.0 Å². The predicted octanol–water partition coefficient (Wildman–Crippen LogP) is 4.11. The van der Waals surface area contributed by atoms with E-state index in [0.29, 0.717) is 0 Å². The van der Waals surface area contributed by atoms with E-state index in [1.165, 1.54) is 4.90 Å². The van der Waals surface area contributed by atoms with Gasteiger partial charge in [0.25, 0.3) is 0 Å². The molecule has 0 aromatic heterocycles. The van der Waals surface area contributed by atoms with Crippen molar-refractivity contribution >= 4 is 23.4 Å². The van der Waals surface area contributed by atoms with E-state index in [9.17, 15) is 0 Å². The SMILES string of the molecule is CSc1ccccc1C(N)c1cccc(Cl)c1. The van der Waals surface area contributed by atoms with Crippen molar-refractivity contribution in [3.63, 3.8) is 0 Å². The van der Waals surface area contributed by atoms with E-state index in [2.05, 4.69) is 18.4 Å². The molecule has 88 valence electrons. The Morgan fingerprint density at radius 3 is 2.59 bits per heavy atom. The Bertz CT molecular complexity index is 513. The molecule has 1 unspecified atom stereocenters. The van der Waals surface area contributed by atoms with E-state index < -0.39 is 0 Å². The number of thioether (sulfide) groups is 1. The molecule has 0 amide bonds. The zero-order chi connectivity index (χ0) is 12.3. The third-order valence-electron chi connectivity index (χ3n) is 2.68. The first-order valence-corrected chi connectivity index (χ1v) is 6.96. The minimum absolute atomic E-state index is 0.127. The van der Waals surface area contributed by atoms with Gasteiger partial charge in [-0.1, -0.05) is 41.9 Å². The normalized spacial score (nSPS) is 12.4. The molecule has 1 nitrogen and oxygen atoms in total. The van der Waals surface area contributed by atoms with Crippen LogP contribution in [-0.2, 0) is 0 Å². The molecular weight excluding hydrogens is 250 g/mol. The van der Waals surface area contributed by atoms with Crippen LogP contribution in [0.15, 0.2) is 53.4 Å². The second kappa shape index (κ2) is 5.58. The van der Waals surface area contributed by atoms with Crippen molar-refractivity contribution in [2.75, 3.05) is 6.26 Å². The molecule has 0 fully saturated rings. The lowest BCUT2D eigenvalue weighted by Gasteiger charge is -2.16. The molecule has 0 aliphatic carbocycles. The summed E-state index contributed by atoms with van der Waals surface area (Å²) in [4.78, 5) is 1.21. The molecule has 0 aliphatic rings. The van der Waals surface area contributed by atoms with Gasteiger partial charge in [-0.2, -0.15) is 0 Å². The van der Waals surface area contributed by atoms with E-state index in [-0.39, 0.29) is 6.04 Å². The van der Waals surface area contributed by atoms with Crippen LogP contribution in [-0.4, -0.2) is 6.26 Å². The molecule has 0 saturated heterocycles. The number of halogens is 1. The van der Waals surface area contributed by atoms with Crippen LogP contribution in [0, 0.1) is 0 Å². The second-order valence-corrected chi connectivity index (χ2v) is 5.06. The molecule has 2 aromatic carbocycles. The zero-order valence-electron chi connectivity index (χ0n) is 9.56. The zero-order valence-corrected chi connectivity index (χ0v) is 11.1. The summed E-state index contributed by atoms with van der Waals surface area (Å²) in [6, 6.07) is 15.8. The number of benzene rings is 2. The first-order valence-electron chi connectivity index (χ1n) is 5.36. The predicted molar refractivity (Wildman–Crippen MR) is 75.7 cm³/mol. The average Bonchev–Trinajstić information content (AvgIpc) is 2.38. The van der Waals surface area contributed by atoms with Gasteiger partial charge in [0.15, 0.2) is 0 Å².